The van der Waals surface area contributed by atoms with Crippen LogP contribution in [0.15, 0.2) is 0 Å². The summed E-state index contributed by atoms with van der Waals surface area (Å²) in [5.41, 5.74) is -0.229. The summed E-state index contributed by atoms with van der Waals surface area (Å²) in [5, 5.41) is 0. The van der Waals surface area contributed by atoms with E-state index in [1.165, 1.54) is 0 Å². The monoisotopic (exact) mass is 330 g/mol. The molecule has 0 unspecified atom stereocenters. The molecule has 1 fully saturated rings. The van der Waals surface area contributed by atoms with Crippen LogP contribution in [0.5, 0.6) is 0 Å². The van der Waals surface area contributed by atoms with Crippen LogP contribution in [-0.4, -0.2) is 28.6 Å². The topological polar surface area (TPSA) is 52.6 Å². The predicted molar refractivity (Wildman–Crippen MR) is 89.0 cm³/mol. The van der Waals surface area contributed by atoms with Crippen LogP contribution >= 0.6 is 0 Å². The summed E-state index contributed by atoms with van der Waals surface area (Å²) in [7, 11) is -3.72. The lowest BCUT2D eigenvalue weighted by atomic mass is 9.79. The van der Waals surface area contributed by atoms with Gasteiger partial charge in [0.25, 0.3) is 11.9 Å². The van der Waals surface area contributed by atoms with Gasteiger partial charge in [-0.25, -0.2) is 0 Å². The summed E-state index contributed by atoms with van der Waals surface area (Å²) in [5.74, 6) is -0.284. The second kappa shape index (κ2) is 6.64. The van der Waals surface area contributed by atoms with Crippen LogP contribution in [-0.2, 0) is 18.4 Å². The standard InChI is InChI=1S/C15H30O4Si2/c1-20(2,3)18-13(16)11-15(9-7-8-10-15)12-14(17)19-21(4,5)6/h7-12H2,1-6H3. The van der Waals surface area contributed by atoms with Crippen LogP contribution in [0.25, 0.3) is 0 Å². The number of hydrogen-bond donors (Lipinski definition) is 0. The number of rotatable bonds is 6. The van der Waals surface area contributed by atoms with Gasteiger partial charge in [-0.3, -0.25) is 9.59 Å². The second-order valence-electron chi connectivity index (χ2n) is 8.23. The average Bonchev–Trinajstić information content (AvgIpc) is 2.58. The highest BCUT2D eigenvalue weighted by atomic mass is 28.4. The lowest BCUT2D eigenvalue weighted by molar-refractivity contribution is -0.141. The zero-order chi connectivity index (χ0) is 16.3. The molecule has 0 atom stereocenters. The average molecular weight is 331 g/mol. The Balaban J connectivity index is 2.67. The molecule has 0 aromatic carbocycles. The van der Waals surface area contributed by atoms with Crippen LogP contribution in [0.2, 0.25) is 39.3 Å². The van der Waals surface area contributed by atoms with Crippen molar-refractivity contribution in [2.24, 2.45) is 5.41 Å². The van der Waals surface area contributed by atoms with Crippen molar-refractivity contribution in [3.8, 4) is 0 Å². The fourth-order valence-electron chi connectivity index (χ4n) is 2.91. The Bertz CT molecular complexity index is 355. The first-order valence-electron chi connectivity index (χ1n) is 7.85. The highest BCUT2D eigenvalue weighted by molar-refractivity contribution is 6.71. The minimum atomic E-state index is -1.86. The molecule has 0 aromatic rings. The van der Waals surface area contributed by atoms with E-state index in [0.717, 1.165) is 25.7 Å². The van der Waals surface area contributed by atoms with Crippen molar-refractivity contribution < 1.29 is 18.4 Å². The van der Waals surface area contributed by atoms with Crippen molar-refractivity contribution >= 4 is 28.6 Å². The maximum absolute atomic E-state index is 12.2. The van der Waals surface area contributed by atoms with Gasteiger partial charge in [0, 0.05) is 0 Å². The molecule has 1 aliphatic rings. The van der Waals surface area contributed by atoms with Crippen LogP contribution in [0, 0.1) is 5.41 Å². The van der Waals surface area contributed by atoms with Gasteiger partial charge in [-0.05, 0) is 57.5 Å². The number of carbonyl (C=O) groups excluding carboxylic acids is 2. The maximum atomic E-state index is 12.2. The number of carbonyl (C=O) groups is 2. The quantitative estimate of drug-likeness (QED) is 0.689. The summed E-state index contributed by atoms with van der Waals surface area (Å²) < 4.78 is 11.1. The Labute approximate surface area is 130 Å². The van der Waals surface area contributed by atoms with Gasteiger partial charge in [-0.2, -0.15) is 0 Å². The summed E-state index contributed by atoms with van der Waals surface area (Å²) in [6.45, 7) is 12.0. The highest BCUT2D eigenvalue weighted by Crippen LogP contribution is 2.44. The largest absolute Gasteiger partial charge is 0.520 e. The van der Waals surface area contributed by atoms with Crippen molar-refractivity contribution in [3.63, 3.8) is 0 Å². The molecule has 0 aliphatic heterocycles. The van der Waals surface area contributed by atoms with Gasteiger partial charge < -0.3 is 8.85 Å². The SMILES string of the molecule is C[Si](C)(C)OC(=O)CC1(CC(=O)O[Si](C)(C)C)CCCC1. The molecule has 1 saturated carbocycles. The van der Waals surface area contributed by atoms with Crippen LogP contribution in [0.1, 0.15) is 38.5 Å². The van der Waals surface area contributed by atoms with Gasteiger partial charge >= 0.3 is 0 Å². The van der Waals surface area contributed by atoms with Gasteiger partial charge in [-0.1, -0.05) is 12.8 Å². The third kappa shape index (κ3) is 7.26. The van der Waals surface area contributed by atoms with Crippen LogP contribution in [0.4, 0.5) is 0 Å². The van der Waals surface area contributed by atoms with Crippen molar-refractivity contribution in [2.45, 2.75) is 77.8 Å². The molecule has 21 heavy (non-hydrogen) atoms. The lowest BCUT2D eigenvalue weighted by Crippen LogP contribution is -2.35. The van der Waals surface area contributed by atoms with Crippen molar-refractivity contribution in [1.82, 2.24) is 0 Å². The maximum Gasteiger partial charge on any atom is 0.293 e. The normalized spacial score (nSPS) is 18.4. The fraction of sp³-hybridized carbons (Fsp3) is 0.867. The Morgan fingerprint density at radius 2 is 1.14 bits per heavy atom. The number of hydrogen-bond acceptors (Lipinski definition) is 4. The molecule has 0 bridgehead atoms. The van der Waals surface area contributed by atoms with Crippen molar-refractivity contribution in [1.29, 1.82) is 0 Å². The molecule has 1 rings (SSSR count). The first kappa shape index (κ1) is 18.4. The molecule has 0 amide bonds. The molecular formula is C15H30O4Si2. The van der Waals surface area contributed by atoms with E-state index in [-0.39, 0.29) is 17.4 Å². The zero-order valence-electron chi connectivity index (χ0n) is 14.4. The van der Waals surface area contributed by atoms with E-state index in [9.17, 15) is 9.59 Å². The van der Waals surface area contributed by atoms with Crippen LogP contribution < -0.4 is 0 Å². The van der Waals surface area contributed by atoms with E-state index in [4.69, 9.17) is 8.85 Å². The van der Waals surface area contributed by atoms with Gasteiger partial charge in [-0.15, -0.1) is 0 Å². The minimum absolute atomic E-state index is 0.142. The Hall–Kier alpha value is -0.626. The Kier molecular flexibility index (Phi) is 5.83. The molecule has 122 valence electrons. The van der Waals surface area contributed by atoms with E-state index < -0.39 is 16.6 Å². The van der Waals surface area contributed by atoms with E-state index >= 15 is 0 Å². The van der Waals surface area contributed by atoms with Gasteiger partial charge in [0.05, 0.1) is 12.8 Å². The first-order chi connectivity index (χ1) is 9.41. The van der Waals surface area contributed by atoms with Crippen molar-refractivity contribution in [3.05, 3.63) is 0 Å². The van der Waals surface area contributed by atoms with E-state index in [2.05, 4.69) is 0 Å². The van der Waals surface area contributed by atoms with Crippen LogP contribution in [0.3, 0.4) is 0 Å². The molecule has 0 N–H and O–H groups in total. The van der Waals surface area contributed by atoms with Gasteiger partial charge in [0.2, 0.25) is 16.6 Å². The van der Waals surface area contributed by atoms with Gasteiger partial charge in [0.1, 0.15) is 0 Å². The molecule has 1 aliphatic carbocycles. The van der Waals surface area contributed by atoms with E-state index in [0.29, 0.717) is 12.8 Å². The third-order valence-electron chi connectivity index (χ3n) is 3.54. The van der Waals surface area contributed by atoms with Crippen molar-refractivity contribution in [2.75, 3.05) is 0 Å². The molecule has 0 saturated heterocycles. The summed E-state index contributed by atoms with van der Waals surface area (Å²) >= 11 is 0. The summed E-state index contributed by atoms with van der Waals surface area (Å²) in [4.78, 5) is 24.3. The van der Waals surface area contributed by atoms with Gasteiger partial charge in [0.15, 0.2) is 0 Å². The fourth-order valence-corrected chi connectivity index (χ4v) is 4.42. The molecule has 6 heteroatoms. The smallest absolute Gasteiger partial charge is 0.293 e. The third-order valence-corrected chi connectivity index (χ3v) is 5.22. The predicted octanol–water partition coefficient (Wildman–Crippen LogP) is 4.08. The second-order valence-corrected chi connectivity index (χ2v) is 17.1. The Morgan fingerprint density at radius 1 is 0.810 bits per heavy atom. The molecule has 0 radical (unpaired) electrons. The molecule has 4 nitrogen and oxygen atoms in total. The molecule has 0 spiro atoms. The van der Waals surface area contributed by atoms with E-state index in [1.807, 2.05) is 39.3 Å². The Morgan fingerprint density at radius 3 is 1.43 bits per heavy atom. The highest BCUT2D eigenvalue weighted by Gasteiger charge is 2.40. The molecular weight excluding hydrogens is 300 g/mol. The zero-order valence-corrected chi connectivity index (χ0v) is 16.4. The first-order valence-corrected chi connectivity index (χ1v) is 14.7. The summed E-state index contributed by atoms with van der Waals surface area (Å²) in [6, 6.07) is 0. The lowest BCUT2D eigenvalue weighted by Gasteiger charge is -2.30. The van der Waals surface area contributed by atoms with E-state index in [1.54, 1.807) is 0 Å². The molecule has 0 aromatic heterocycles. The summed E-state index contributed by atoms with van der Waals surface area (Å²) in [6.07, 6.45) is 4.74. The molecule has 0 heterocycles. The minimum Gasteiger partial charge on any atom is -0.520 e.